The van der Waals surface area contributed by atoms with Gasteiger partial charge in [0.15, 0.2) is 0 Å². The van der Waals surface area contributed by atoms with Crippen molar-refractivity contribution < 1.29 is 26.4 Å². The van der Waals surface area contributed by atoms with Crippen LogP contribution in [0.1, 0.15) is 6.42 Å². The SMILES string of the molecule is CON(c1nccs1)S(=O)(=O)c1cc(Cl)c(NCC(F)(F)CCN)cc1F. The molecule has 0 fully saturated rings. The van der Waals surface area contributed by atoms with Crippen LogP contribution < -0.4 is 15.5 Å². The largest absolute Gasteiger partial charge is 0.378 e. The predicted molar refractivity (Wildman–Crippen MR) is 97.3 cm³/mol. The number of alkyl halides is 2. The van der Waals surface area contributed by atoms with E-state index in [1.807, 2.05) is 0 Å². The Labute approximate surface area is 162 Å². The topological polar surface area (TPSA) is 97.5 Å². The molecule has 13 heteroatoms. The second-order valence-corrected chi connectivity index (χ2v) is 8.24. The number of aromatic nitrogens is 1. The summed E-state index contributed by atoms with van der Waals surface area (Å²) in [6.07, 6.45) is 0.780. The van der Waals surface area contributed by atoms with Gasteiger partial charge in [0.25, 0.3) is 15.9 Å². The number of hydrogen-bond donors (Lipinski definition) is 2. The lowest BCUT2D eigenvalue weighted by Gasteiger charge is -2.20. The molecule has 2 rings (SSSR count). The summed E-state index contributed by atoms with van der Waals surface area (Å²) in [5, 5.41) is 3.51. The van der Waals surface area contributed by atoms with Gasteiger partial charge < -0.3 is 11.1 Å². The first-order valence-electron chi connectivity index (χ1n) is 7.42. The molecule has 7 nitrogen and oxygen atoms in total. The van der Waals surface area contributed by atoms with E-state index in [0.29, 0.717) is 4.47 Å². The Morgan fingerprint density at radius 2 is 2.15 bits per heavy atom. The van der Waals surface area contributed by atoms with Crippen LogP contribution in [0.3, 0.4) is 0 Å². The Balaban J connectivity index is 2.33. The third kappa shape index (κ3) is 5.02. The molecule has 0 spiro atoms. The average molecular weight is 445 g/mol. The molecule has 0 aliphatic carbocycles. The molecule has 2 aromatic rings. The number of nitrogens with zero attached hydrogens (tertiary/aromatic N) is 2. The zero-order valence-corrected chi connectivity index (χ0v) is 16.3. The number of nitrogens with one attached hydrogen (secondary N) is 1. The van der Waals surface area contributed by atoms with E-state index in [-0.39, 0.29) is 22.4 Å². The van der Waals surface area contributed by atoms with Crippen molar-refractivity contribution in [3.63, 3.8) is 0 Å². The Morgan fingerprint density at radius 1 is 1.44 bits per heavy atom. The molecule has 0 saturated carbocycles. The van der Waals surface area contributed by atoms with Gasteiger partial charge in [-0.3, -0.25) is 4.84 Å². The number of nitrogens with two attached hydrogens (primary N) is 1. The van der Waals surface area contributed by atoms with Crippen molar-refractivity contribution in [2.75, 3.05) is 30.0 Å². The van der Waals surface area contributed by atoms with E-state index in [1.54, 1.807) is 0 Å². The van der Waals surface area contributed by atoms with Gasteiger partial charge in [0, 0.05) is 18.0 Å². The Kier molecular flexibility index (Phi) is 6.92. The molecule has 1 heterocycles. The number of benzene rings is 1. The summed E-state index contributed by atoms with van der Waals surface area (Å²) >= 11 is 6.91. The molecule has 0 saturated heterocycles. The summed E-state index contributed by atoms with van der Waals surface area (Å²) in [5.74, 6) is -4.32. The van der Waals surface area contributed by atoms with Crippen LogP contribution >= 0.6 is 22.9 Å². The fraction of sp³-hybridized carbons (Fsp3) is 0.357. The summed E-state index contributed by atoms with van der Waals surface area (Å²) in [6.45, 7) is -1.06. The van der Waals surface area contributed by atoms with E-state index in [1.165, 1.54) is 11.6 Å². The van der Waals surface area contributed by atoms with Crippen LogP contribution in [0.4, 0.5) is 24.0 Å². The highest BCUT2D eigenvalue weighted by Crippen LogP contribution is 2.33. The Morgan fingerprint density at radius 3 is 2.70 bits per heavy atom. The van der Waals surface area contributed by atoms with E-state index in [9.17, 15) is 21.6 Å². The van der Waals surface area contributed by atoms with Crippen LogP contribution in [0.5, 0.6) is 0 Å². The molecule has 0 aliphatic heterocycles. The van der Waals surface area contributed by atoms with Gasteiger partial charge in [0.05, 0.1) is 24.4 Å². The zero-order valence-electron chi connectivity index (χ0n) is 14.0. The van der Waals surface area contributed by atoms with Gasteiger partial charge in [-0.2, -0.15) is 8.42 Å². The molecular formula is C14H16ClF3N4O3S2. The number of halogens is 4. The van der Waals surface area contributed by atoms with Crippen LogP contribution in [0, 0.1) is 5.82 Å². The van der Waals surface area contributed by atoms with Crippen LogP contribution in [-0.2, 0) is 14.9 Å². The first kappa shape index (κ1) is 21.7. The molecule has 0 radical (unpaired) electrons. The highest BCUT2D eigenvalue weighted by atomic mass is 35.5. The summed E-state index contributed by atoms with van der Waals surface area (Å²) < 4.78 is 67.2. The first-order chi connectivity index (χ1) is 12.6. The van der Waals surface area contributed by atoms with Gasteiger partial charge in [-0.1, -0.05) is 11.6 Å². The number of hydrogen-bond acceptors (Lipinski definition) is 7. The monoisotopic (exact) mass is 444 g/mol. The number of rotatable bonds is 9. The average Bonchev–Trinajstić information content (AvgIpc) is 3.09. The number of anilines is 2. The lowest BCUT2D eigenvalue weighted by Crippen LogP contribution is -2.31. The summed E-state index contributed by atoms with van der Waals surface area (Å²) in [7, 11) is -3.41. The minimum absolute atomic E-state index is 0.0448. The zero-order chi connectivity index (χ0) is 20.2. The van der Waals surface area contributed by atoms with Crippen molar-refractivity contribution in [2.45, 2.75) is 17.2 Å². The van der Waals surface area contributed by atoms with E-state index in [2.05, 4.69) is 10.3 Å². The molecule has 0 amide bonds. The van der Waals surface area contributed by atoms with E-state index in [4.69, 9.17) is 22.2 Å². The minimum atomic E-state index is -4.49. The van der Waals surface area contributed by atoms with Gasteiger partial charge in [-0.05, 0) is 18.7 Å². The summed E-state index contributed by atoms with van der Waals surface area (Å²) in [6, 6.07) is 1.54. The van der Waals surface area contributed by atoms with Crippen LogP contribution in [0.15, 0.2) is 28.6 Å². The number of sulfonamides is 1. The Hall–Kier alpha value is -1.60. The van der Waals surface area contributed by atoms with Gasteiger partial charge in [-0.25, -0.2) is 18.2 Å². The summed E-state index contributed by atoms with van der Waals surface area (Å²) in [4.78, 5) is 7.83. The molecule has 0 bridgehead atoms. The lowest BCUT2D eigenvalue weighted by atomic mass is 10.2. The van der Waals surface area contributed by atoms with Crippen molar-refractivity contribution in [1.29, 1.82) is 0 Å². The smallest absolute Gasteiger partial charge is 0.291 e. The fourth-order valence-electron chi connectivity index (χ4n) is 2.06. The van der Waals surface area contributed by atoms with Crippen LogP contribution in [0.2, 0.25) is 5.02 Å². The standard InChI is InChI=1S/C14H16ClF3N4O3S2/c1-25-22(13-20-4-5-26-13)27(23,24)12-6-9(15)11(7-10(12)16)21-8-14(17,18)2-3-19/h4-7,21H,2-3,8,19H2,1H3. The number of thiazole rings is 1. The normalized spacial score (nSPS) is 12.2. The molecule has 27 heavy (non-hydrogen) atoms. The van der Waals surface area contributed by atoms with Gasteiger partial charge in [0.2, 0.25) is 5.13 Å². The highest BCUT2D eigenvalue weighted by molar-refractivity contribution is 7.92. The Bertz CT molecular complexity index is 882. The predicted octanol–water partition coefficient (Wildman–Crippen LogP) is 3.09. The molecule has 0 atom stereocenters. The third-order valence-corrected chi connectivity index (χ3v) is 6.10. The van der Waals surface area contributed by atoms with Gasteiger partial charge >= 0.3 is 0 Å². The summed E-state index contributed by atoms with van der Waals surface area (Å²) in [5.41, 5.74) is 4.93. The maximum atomic E-state index is 14.4. The molecule has 1 aromatic heterocycles. The van der Waals surface area contributed by atoms with Crippen molar-refractivity contribution in [3.05, 3.63) is 34.5 Å². The minimum Gasteiger partial charge on any atom is -0.378 e. The molecule has 3 N–H and O–H groups in total. The van der Waals surface area contributed by atoms with Crippen molar-refractivity contribution in [1.82, 2.24) is 4.98 Å². The van der Waals surface area contributed by atoms with Crippen molar-refractivity contribution >= 4 is 43.8 Å². The van der Waals surface area contributed by atoms with Crippen LogP contribution in [-0.4, -0.2) is 39.5 Å². The second-order valence-electron chi connectivity index (χ2n) is 5.24. The fourth-order valence-corrected chi connectivity index (χ4v) is 4.50. The maximum Gasteiger partial charge on any atom is 0.291 e. The van der Waals surface area contributed by atoms with Crippen molar-refractivity contribution in [3.8, 4) is 0 Å². The second kappa shape index (κ2) is 8.61. The molecule has 0 unspecified atom stereocenters. The highest BCUT2D eigenvalue weighted by Gasteiger charge is 2.32. The molecular weight excluding hydrogens is 429 g/mol. The maximum absolute atomic E-state index is 14.4. The molecule has 0 aliphatic rings. The molecule has 1 aromatic carbocycles. The van der Waals surface area contributed by atoms with E-state index >= 15 is 0 Å². The quantitative estimate of drug-likeness (QED) is 0.577. The van der Waals surface area contributed by atoms with E-state index < -0.39 is 39.6 Å². The molecule has 150 valence electrons. The van der Waals surface area contributed by atoms with E-state index in [0.717, 1.165) is 30.6 Å². The van der Waals surface area contributed by atoms with Crippen molar-refractivity contribution in [2.24, 2.45) is 5.73 Å². The third-order valence-electron chi connectivity index (χ3n) is 3.31. The first-order valence-corrected chi connectivity index (χ1v) is 10.1. The lowest BCUT2D eigenvalue weighted by molar-refractivity contribution is 0.00915. The van der Waals surface area contributed by atoms with Crippen LogP contribution in [0.25, 0.3) is 0 Å². The van der Waals surface area contributed by atoms with Gasteiger partial charge in [0.1, 0.15) is 10.7 Å². The van der Waals surface area contributed by atoms with Gasteiger partial charge in [-0.15, -0.1) is 15.8 Å².